The van der Waals surface area contributed by atoms with Gasteiger partial charge in [-0.05, 0) is 41.3 Å². The van der Waals surface area contributed by atoms with Crippen molar-refractivity contribution in [1.82, 2.24) is 4.90 Å². The Balaban J connectivity index is 1.66. The van der Waals surface area contributed by atoms with Crippen LogP contribution in [0.15, 0.2) is 84.4 Å². The summed E-state index contributed by atoms with van der Waals surface area (Å²) in [7, 11) is 1.53. The van der Waals surface area contributed by atoms with Crippen LogP contribution in [0.4, 0.5) is 0 Å². The highest BCUT2D eigenvalue weighted by molar-refractivity contribution is 6.46. The van der Waals surface area contributed by atoms with Crippen molar-refractivity contribution in [3.05, 3.63) is 101 Å². The first-order valence-electron chi connectivity index (χ1n) is 12.7. The van der Waals surface area contributed by atoms with E-state index in [9.17, 15) is 14.7 Å². The van der Waals surface area contributed by atoms with Crippen LogP contribution in [0.1, 0.15) is 36.6 Å². The number of nitrogens with zero attached hydrogens (tertiary/aromatic N) is 1. The summed E-state index contributed by atoms with van der Waals surface area (Å²) in [6, 6.07) is 23.2. The van der Waals surface area contributed by atoms with E-state index in [1.54, 1.807) is 36.4 Å². The van der Waals surface area contributed by atoms with Crippen LogP contribution in [0.5, 0.6) is 11.5 Å². The molecule has 7 nitrogen and oxygen atoms in total. The number of hydrogen-bond donors (Lipinski definition) is 1. The number of benzene rings is 3. The van der Waals surface area contributed by atoms with E-state index in [2.05, 4.69) is 0 Å². The highest BCUT2D eigenvalue weighted by atomic mass is 16.5. The van der Waals surface area contributed by atoms with E-state index in [-0.39, 0.29) is 24.5 Å². The van der Waals surface area contributed by atoms with Crippen LogP contribution in [0.3, 0.4) is 0 Å². The maximum Gasteiger partial charge on any atom is 0.295 e. The lowest BCUT2D eigenvalue weighted by atomic mass is 9.95. The molecule has 1 aliphatic rings. The Kier molecular flexibility index (Phi) is 8.81. The number of amides is 1. The highest BCUT2D eigenvalue weighted by Gasteiger charge is 2.45. The first-order valence-corrected chi connectivity index (χ1v) is 12.7. The maximum absolute atomic E-state index is 13.2. The maximum atomic E-state index is 13.2. The van der Waals surface area contributed by atoms with E-state index in [0.717, 1.165) is 5.56 Å². The van der Waals surface area contributed by atoms with Crippen LogP contribution in [0.25, 0.3) is 5.76 Å². The monoisotopic (exact) mass is 515 g/mol. The Morgan fingerprint density at radius 3 is 2.34 bits per heavy atom. The third-order valence-electron chi connectivity index (χ3n) is 6.21. The first-order chi connectivity index (χ1) is 18.4. The van der Waals surface area contributed by atoms with Gasteiger partial charge in [0.2, 0.25) is 0 Å². The van der Waals surface area contributed by atoms with Gasteiger partial charge in [0.05, 0.1) is 24.8 Å². The molecule has 3 aromatic carbocycles. The second-order valence-corrected chi connectivity index (χ2v) is 9.56. The zero-order valence-electron chi connectivity index (χ0n) is 21.9. The molecule has 198 valence electrons. The Bertz CT molecular complexity index is 1280. The molecule has 1 amide bonds. The number of rotatable bonds is 11. The Labute approximate surface area is 223 Å². The number of carbonyl (C=O) groups excluding carboxylic acids is 2. The van der Waals surface area contributed by atoms with Crippen molar-refractivity contribution in [2.24, 2.45) is 5.92 Å². The van der Waals surface area contributed by atoms with Crippen molar-refractivity contribution in [2.75, 3.05) is 26.9 Å². The Morgan fingerprint density at radius 2 is 1.66 bits per heavy atom. The van der Waals surface area contributed by atoms with Gasteiger partial charge in [-0.25, -0.2) is 0 Å². The van der Waals surface area contributed by atoms with Gasteiger partial charge in [-0.15, -0.1) is 0 Å². The molecule has 0 aromatic heterocycles. The van der Waals surface area contributed by atoms with E-state index in [0.29, 0.717) is 41.8 Å². The summed E-state index contributed by atoms with van der Waals surface area (Å²) < 4.78 is 16.9. The molecule has 1 aliphatic heterocycles. The van der Waals surface area contributed by atoms with Gasteiger partial charge < -0.3 is 24.2 Å². The predicted octanol–water partition coefficient (Wildman–Crippen LogP) is 5.37. The van der Waals surface area contributed by atoms with Crippen LogP contribution in [-0.2, 0) is 20.9 Å². The van der Waals surface area contributed by atoms with Crippen molar-refractivity contribution in [1.29, 1.82) is 0 Å². The summed E-state index contributed by atoms with van der Waals surface area (Å²) in [6.07, 6.45) is 0. The molecule has 7 heteroatoms. The third-order valence-corrected chi connectivity index (χ3v) is 6.21. The van der Waals surface area contributed by atoms with Crippen LogP contribution < -0.4 is 9.47 Å². The fraction of sp³-hybridized carbons (Fsp3) is 0.290. The smallest absolute Gasteiger partial charge is 0.295 e. The number of aliphatic hydroxyl groups excluding tert-OH is 1. The lowest BCUT2D eigenvalue weighted by Crippen LogP contribution is -2.32. The van der Waals surface area contributed by atoms with E-state index in [1.165, 1.54) is 12.0 Å². The van der Waals surface area contributed by atoms with Gasteiger partial charge in [-0.3, -0.25) is 9.59 Å². The van der Waals surface area contributed by atoms with Gasteiger partial charge in [0.15, 0.2) is 0 Å². The number of aliphatic hydroxyl groups is 1. The Morgan fingerprint density at radius 1 is 0.921 bits per heavy atom. The molecular weight excluding hydrogens is 482 g/mol. The van der Waals surface area contributed by atoms with Gasteiger partial charge in [0.1, 0.15) is 23.9 Å². The van der Waals surface area contributed by atoms with E-state index < -0.39 is 17.7 Å². The zero-order valence-corrected chi connectivity index (χ0v) is 21.9. The summed E-state index contributed by atoms with van der Waals surface area (Å²) in [5.74, 6) is -0.0910. The van der Waals surface area contributed by atoms with Gasteiger partial charge in [-0.1, -0.05) is 68.4 Å². The number of likely N-dealkylation sites (tertiary alicyclic amines) is 1. The van der Waals surface area contributed by atoms with Crippen LogP contribution in [0, 0.1) is 5.92 Å². The average molecular weight is 516 g/mol. The predicted molar refractivity (Wildman–Crippen MR) is 145 cm³/mol. The summed E-state index contributed by atoms with van der Waals surface area (Å²) in [4.78, 5) is 27.7. The standard InChI is InChI=1S/C31H33NO6/c1-21(2)19-37-26-11-7-10-24(18-26)29(33)27-28(32(16-17-36-3)31(35)30(27)34)23-12-14-25(15-13-23)38-20-22-8-5-4-6-9-22/h4-15,18,21,28,33H,16-17,19-20H2,1-3H3/b29-27-. The molecule has 3 aromatic rings. The van der Waals surface area contributed by atoms with Crippen LogP contribution in [0.2, 0.25) is 0 Å². The molecular formula is C31H33NO6. The molecule has 1 unspecified atom stereocenters. The average Bonchev–Trinajstić information content (AvgIpc) is 3.19. The van der Waals surface area contributed by atoms with Gasteiger partial charge in [-0.2, -0.15) is 0 Å². The number of hydrogen-bond acceptors (Lipinski definition) is 6. The molecule has 0 saturated carbocycles. The fourth-order valence-corrected chi connectivity index (χ4v) is 4.29. The zero-order chi connectivity index (χ0) is 27.1. The molecule has 4 rings (SSSR count). The molecule has 1 fully saturated rings. The molecule has 1 saturated heterocycles. The molecule has 1 heterocycles. The molecule has 38 heavy (non-hydrogen) atoms. The summed E-state index contributed by atoms with van der Waals surface area (Å²) >= 11 is 0. The number of ketones is 1. The fourth-order valence-electron chi connectivity index (χ4n) is 4.29. The number of methoxy groups -OCH3 is 1. The highest BCUT2D eigenvalue weighted by Crippen LogP contribution is 2.40. The molecule has 0 spiro atoms. The summed E-state index contributed by atoms with van der Waals surface area (Å²) in [5.41, 5.74) is 2.17. The minimum atomic E-state index is -0.770. The quantitative estimate of drug-likeness (QED) is 0.210. The Hall–Kier alpha value is -4.10. The van der Waals surface area contributed by atoms with Gasteiger partial charge >= 0.3 is 0 Å². The van der Waals surface area contributed by atoms with Crippen molar-refractivity contribution in [2.45, 2.75) is 26.5 Å². The molecule has 0 aliphatic carbocycles. The normalized spacial score (nSPS) is 16.7. The second-order valence-electron chi connectivity index (χ2n) is 9.56. The second kappa shape index (κ2) is 12.4. The van der Waals surface area contributed by atoms with Gasteiger partial charge in [0.25, 0.3) is 11.7 Å². The number of Topliss-reactive ketones (excluding diaryl/α,β-unsaturated/α-hetero) is 1. The summed E-state index contributed by atoms with van der Waals surface area (Å²) in [5, 5.41) is 11.3. The minimum absolute atomic E-state index is 0.0325. The minimum Gasteiger partial charge on any atom is -0.507 e. The van der Waals surface area contributed by atoms with E-state index in [1.807, 2.05) is 56.3 Å². The van der Waals surface area contributed by atoms with Crippen molar-refractivity contribution >= 4 is 17.4 Å². The number of ether oxygens (including phenoxy) is 3. The van der Waals surface area contributed by atoms with E-state index in [4.69, 9.17) is 14.2 Å². The molecule has 1 N–H and O–H groups in total. The third kappa shape index (κ3) is 6.23. The molecule has 0 bridgehead atoms. The van der Waals surface area contributed by atoms with Crippen LogP contribution in [-0.4, -0.2) is 48.6 Å². The topological polar surface area (TPSA) is 85.3 Å². The molecule has 0 radical (unpaired) electrons. The lowest BCUT2D eigenvalue weighted by molar-refractivity contribution is -0.140. The largest absolute Gasteiger partial charge is 0.507 e. The van der Waals surface area contributed by atoms with Crippen molar-refractivity contribution in [3.63, 3.8) is 0 Å². The van der Waals surface area contributed by atoms with Crippen molar-refractivity contribution < 1.29 is 28.9 Å². The summed E-state index contributed by atoms with van der Waals surface area (Å²) in [6.45, 7) is 5.48. The number of carbonyl (C=O) groups is 2. The van der Waals surface area contributed by atoms with Gasteiger partial charge in [0, 0.05) is 19.2 Å². The van der Waals surface area contributed by atoms with Crippen LogP contribution >= 0.6 is 0 Å². The lowest BCUT2D eigenvalue weighted by Gasteiger charge is -2.25. The first kappa shape index (κ1) is 26.9. The van der Waals surface area contributed by atoms with E-state index >= 15 is 0 Å². The molecule has 1 atom stereocenters. The van der Waals surface area contributed by atoms with Crippen molar-refractivity contribution in [3.8, 4) is 11.5 Å². The SMILES string of the molecule is COCCN1C(=O)C(=O)/C(=C(\O)c2cccc(OCC(C)C)c2)C1c1ccc(OCc2ccccc2)cc1.